The fourth-order valence-corrected chi connectivity index (χ4v) is 0.897. The second kappa shape index (κ2) is 5.14. The molecular formula is C8H16. The van der Waals surface area contributed by atoms with Crippen molar-refractivity contribution in [3.63, 3.8) is 0 Å². The van der Waals surface area contributed by atoms with Gasteiger partial charge in [-0.25, -0.2) is 0 Å². The van der Waals surface area contributed by atoms with Crippen LogP contribution in [0.4, 0.5) is 0 Å². The van der Waals surface area contributed by atoms with Crippen LogP contribution >= 0.6 is 0 Å². The summed E-state index contributed by atoms with van der Waals surface area (Å²) in [4.78, 5) is 0. The molecule has 0 spiro atoms. The van der Waals surface area contributed by atoms with Gasteiger partial charge in [-0.2, -0.15) is 0 Å². The predicted molar refractivity (Wildman–Crippen MR) is 37.6 cm³/mol. The van der Waals surface area contributed by atoms with Gasteiger partial charge in [-0.1, -0.05) is 33.1 Å². The zero-order valence-corrected chi connectivity index (χ0v) is 5.98. The SMILES string of the molecule is [CH]CC(CC)CCC. The Morgan fingerprint density at radius 3 is 2.12 bits per heavy atom. The average Bonchev–Trinajstić information content (AvgIpc) is 1.83. The predicted octanol–water partition coefficient (Wildman–Crippen LogP) is 2.91. The van der Waals surface area contributed by atoms with Crippen molar-refractivity contribution in [3.05, 3.63) is 6.92 Å². The van der Waals surface area contributed by atoms with Crippen molar-refractivity contribution in [2.45, 2.75) is 39.5 Å². The van der Waals surface area contributed by atoms with Crippen LogP contribution in [0.3, 0.4) is 0 Å². The Morgan fingerprint density at radius 2 is 2.00 bits per heavy atom. The summed E-state index contributed by atoms with van der Waals surface area (Å²) in [6.07, 6.45) is 4.68. The first-order chi connectivity index (χ1) is 3.85. The molecule has 1 atom stereocenters. The first-order valence-corrected chi connectivity index (χ1v) is 3.55. The molecule has 0 saturated carbocycles. The second-order valence-electron chi connectivity index (χ2n) is 2.30. The van der Waals surface area contributed by atoms with E-state index in [2.05, 4.69) is 13.8 Å². The first-order valence-electron chi connectivity index (χ1n) is 3.55. The Hall–Kier alpha value is 0. The van der Waals surface area contributed by atoms with Crippen LogP contribution < -0.4 is 0 Å². The van der Waals surface area contributed by atoms with Crippen LogP contribution in [0.2, 0.25) is 0 Å². The van der Waals surface area contributed by atoms with Gasteiger partial charge in [0.15, 0.2) is 0 Å². The van der Waals surface area contributed by atoms with E-state index in [1.807, 2.05) is 0 Å². The van der Waals surface area contributed by atoms with Crippen LogP contribution in [0.25, 0.3) is 0 Å². The summed E-state index contributed by atoms with van der Waals surface area (Å²) in [5.41, 5.74) is 0. The van der Waals surface area contributed by atoms with Crippen molar-refractivity contribution in [3.8, 4) is 0 Å². The maximum absolute atomic E-state index is 5.47. The van der Waals surface area contributed by atoms with Gasteiger partial charge >= 0.3 is 0 Å². The molecule has 48 valence electrons. The van der Waals surface area contributed by atoms with Gasteiger partial charge in [-0.05, 0) is 19.3 Å². The summed E-state index contributed by atoms with van der Waals surface area (Å²) in [6, 6.07) is 0. The van der Waals surface area contributed by atoms with Crippen molar-refractivity contribution in [2.24, 2.45) is 5.92 Å². The summed E-state index contributed by atoms with van der Waals surface area (Å²) in [7, 11) is 0. The largest absolute Gasteiger partial charge is 0.0654 e. The van der Waals surface area contributed by atoms with Crippen LogP contribution in [0.1, 0.15) is 39.5 Å². The molecule has 0 aliphatic heterocycles. The molecule has 0 aliphatic carbocycles. The van der Waals surface area contributed by atoms with Crippen LogP contribution in [-0.4, -0.2) is 0 Å². The highest BCUT2D eigenvalue weighted by Crippen LogP contribution is 2.13. The van der Waals surface area contributed by atoms with E-state index in [0.717, 1.165) is 12.3 Å². The maximum Gasteiger partial charge on any atom is -0.0349 e. The molecule has 0 rings (SSSR count). The Kier molecular flexibility index (Phi) is 5.14. The number of rotatable bonds is 4. The highest BCUT2D eigenvalue weighted by Gasteiger charge is 1.98. The molecule has 0 N–H and O–H groups in total. The topological polar surface area (TPSA) is 0 Å². The van der Waals surface area contributed by atoms with Crippen molar-refractivity contribution in [1.29, 1.82) is 0 Å². The minimum atomic E-state index is 0.778. The molecule has 0 amide bonds. The molecule has 0 aliphatic rings. The lowest BCUT2D eigenvalue weighted by molar-refractivity contribution is 0.469. The molecule has 0 aromatic carbocycles. The molecule has 0 aromatic heterocycles. The van der Waals surface area contributed by atoms with Crippen LogP contribution in [0.5, 0.6) is 0 Å². The normalized spacial score (nSPS) is 10.5. The Morgan fingerprint density at radius 1 is 1.38 bits per heavy atom. The lowest BCUT2D eigenvalue weighted by atomic mass is 9.98. The molecule has 8 heavy (non-hydrogen) atoms. The second-order valence-corrected chi connectivity index (χ2v) is 2.30. The van der Waals surface area contributed by atoms with Crippen LogP contribution in [0.15, 0.2) is 0 Å². The van der Waals surface area contributed by atoms with E-state index >= 15 is 0 Å². The molecule has 1 unspecified atom stereocenters. The Bertz CT molecular complexity index is 35.3. The van der Waals surface area contributed by atoms with Gasteiger partial charge < -0.3 is 0 Å². The van der Waals surface area contributed by atoms with Crippen molar-refractivity contribution >= 4 is 0 Å². The van der Waals surface area contributed by atoms with E-state index in [1.54, 1.807) is 0 Å². The maximum atomic E-state index is 5.47. The minimum Gasteiger partial charge on any atom is -0.0654 e. The highest BCUT2D eigenvalue weighted by atomic mass is 14.0. The molecule has 0 aromatic rings. The monoisotopic (exact) mass is 112 g/mol. The van der Waals surface area contributed by atoms with E-state index in [0.29, 0.717) is 0 Å². The molecular weight excluding hydrogens is 96.1 g/mol. The van der Waals surface area contributed by atoms with Gasteiger partial charge in [0.2, 0.25) is 0 Å². The van der Waals surface area contributed by atoms with E-state index in [1.165, 1.54) is 19.3 Å². The summed E-state index contributed by atoms with van der Waals surface area (Å²) in [5, 5.41) is 0. The van der Waals surface area contributed by atoms with Gasteiger partial charge in [0, 0.05) is 0 Å². The van der Waals surface area contributed by atoms with E-state index in [9.17, 15) is 0 Å². The lowest BCUT2D eigenvalue weighted by Gasteiger charge is -2.08. The standard InChI is InChI=1S/C8H16/c1-4-7-8(5-2)6-3/h2,8H,4-7H2,1,3H3. The quantitative estimate of drug-likeness (QED) is 0.524. The van der Waals surface area contributed by atoms with Crippen molar-refractivity contribution < 1.29 is 0 Å². The first kappa shape index (κ1) is 8.00. The molecule has 0 bridgehead atoms. The summed E-state index contributed by atoms with van der Waals surface area (Å²) in [5.74, 6) is 0.778. The summed E-state index contributed by atoms with van der Waals surface area (Å²) in [6.45, 7) is 9.88. The summed E-state index contributed by atoms with van der Waals surface area (Å²) >= 11 is 0. The van der Waals surface area contributed by atoms with Gasteiger partial charge in [0.1, 0.15) is 0 Å². The Labute approximate surface area is 53.3 Å². The molecule has 0 nitrogen and oxygen atoms in total. The average molecular weight is 112 g/mol. The molecule has 2 radical (unpaired) electrons. The fourth-order valence-electron chi connectivity index (χ4n) is 0.897. The van der Waals surface area contributed by atoms with Gasteiger partial charge in [0.05, 0.1) is 0 Å². The Balaban J connectivity index is 3.07. The number of hydrogen-bond donors (Lipinski definition) is 0. The zero-order valence-electron chi connectivity index (χ0n) is 5.98. The third kappa shape index (κ3) is 3.06. The van der Waals surface area contributed by atoms with Crippen molar-refractivity contribution in [2.75, 3.05) is 0 Å². The zero-order chi connectivity index (χ0) is 6.41. The molecule has 0 heteroatoms. The fraction of sp³-hybridized carbons (Fsp3) is 0.875. The van der Waals surface area contributed by atoms with E-state index in [4.69, 9.17) is 6.92 Å². The number of hydrogen-bond acceptors (Lipinski definition) is 0. The third-order valence-electron chi connectivity index (χ3n) is 1.61. The smallest absolute Gasteiger partial charge is 0.0349 e. The third-order valence-corrected chi connectivity index (χ3v) is 1.61. The van der Waals surface area contributed by atoms with Gasteiger partial charge in [-0.15, -0.1) is 0 Å². The van der Waals surface area contributed by atoms with Crippen molar-refractivity contribution in [1.82, 2.24) is 0 Å². The summed E-state index contributed by atoms with van der Waals surface area (Å²) < 4.78 is 0. The minimum absolute atomic E-state index is 0.778. The van der Waals surface area contributed by atoms with Gasteiger partial charge in [0.25, 0.3) is 0 Å². The van der Waals surface area contributed by atoms with Crippen LogP contribution in [0, 0.1) is 12.8 Å². The molecule has 0 heterocycles. The van der Waals surface area contributed by atoms with Crippen LogP contribution in [-0.2, 0) is 0 Å². The lowest BCUT2D eigenvalue weighted by Crippen LogP contribution is -1.94. The highest BCUT2D eigenvalue weighted by molar-refractivity contribution is 4.56. The van der Waals surface area contributed by atoms with Gasteiger partial charge in [-0.3, -0.25) is 0 Å². The molecule has 0 saturated heterocycles. The van der Waals surface area contributed by atoms with E-state index < -0.39 is 0 Å². The van der Waals surface area contributed by atoms with E-state index in [-0.39, 0.29) is 0 Å². The molecule has 0 fully saturated rings.